The zero-order chi connectivity index (χ0) is 13.0. The maximum Gasteiger partial charge on any atom is 0.108 e. The average Bonchev–Trinajstić information content (AvgIpc) is 2.86. The molecule has 2 aromatic rings. The van der Waals surface area contributed by atoms with Gasteiger partial charge in [-0.3, -0.25) is 11.3 Å². The van der Waals surface area contributed by atoms with Crippen LogP contribution in [-0.4, -0.2) is 0 Å². The van der Waals surface area contributed by atoms with Gasteiger partial charge in [-0.25, -0.2) is 0 Å². The lowest BCUT2D eigenvalue weighted by Gasteiger charge is -2.16. The molecule has 1 heterocycles. The minimum atomic E-state index is 0.0126. The van der Waals surface area contributed by atoms with Crippen LogP contribution in [-0.2, 0) is 12.8 Å². The SMILES string of the molecule is CCc1occc1C(Cc1ccccc1Cl)NN. The van der Waals surface area contributed by atoms with E-state index in [9.17, 15) is 0 Å². The summed E-state index contributed by atoms with van der Waals surface area (Å²) in [4.78, 5) is 0. The number of benzene rings is 1. The zero-order valence-corrected chi connectivity index (χ0v) is 11.1. The molecule has 3 N–H and O–H groups in total. The fraction of sp³-hybridized carbons (Fsp3) is 0.286. The number of aryl methyl sites for hydroxylation is 1. The minimum Gasteiger partial charge on any atom is -0.469 e. The molecule has 1 unspecified atom stereocenters. The Balaban J connectivity index is 2.23. The van der Waals surface area contributed by atoms with E-state index >= 15 is 0 Å². The maximum absolute atomic E-state index is 6.17. The Morgan fingerprint density at radius 1 is 1.33 bits per heavy atom. The van der Waals surface area contributed by atoms with E-state index in [0.29, 0.717) is 0 Å². The van der Waals surface area contributed by atoms with E-state index in [4.69, 9.17) is 21.9 Å². The van der Waals surface area contributed by atoms with Crippen molar-refractivity contribution in [2.45, 2.75) is 25.8 Å². The van der Waals surface area contributed by atoms with Gasteiger partial charge >= 0.3 is 0 Å². The molecular formula is C14H17ClN2O. The molecule has 1 aromatic carbocycles. The summed E-state index contributed by atoms with van der Waals surface area (Å²) in [6.45, 7) is 2.06. The maximum atomic E-state index is 6.17. The highest BCUT2D eigenvalue weighted by molar-refractivity contribution is 6.31. The van der Waals surface area contributed by atoms with Crippen LogP contribution in [0.1, 0.15) is 29.9 Å². The average molecular weight is 265 g/mol. The fourth-order valence-corrected chi connectivity index (χ4v) is 2.30. The van der Waals surface area contributed by atoms with Gasteiger partial charge in [0.05, 0.1) is 12.3 Å². The Hall–Kier alpha value is -1.29. The molecule has 0 radical (unpaired) electrons. The summed E-state index contributed by atoms with van der Waals surface area (Å²) in [6, 6.07) is 9.77. The van der Waals surface area contributed by atoms with Crippen LogP contribution in [0.15, 0.2) is 41.0 Å². The van der Waals surface area contributed by atoms with Crippen LogP contribution in [0.5, 0.6) is 0 Å². The number of halogens is 1. The topological polar surface area (TPSA) is 51.2 Å². The summed E-state index contributed by atoms with van der Waals surface area (Å²) >= 11 is 6.17. The molecule has 0 fully saturated rings. The van der Waals surface area contributed by atoms with Crippen LogP contribution in [0.4, 0.5) is 0 Å². The standard InChI is InChI=1S/C14H17ClN2O/c1-2-14-11(7-8-18-14)13(17-16)9-10-5-3-4-6-12(10)15/h3-8,13,17H,2,9,16H2,1H3. The van der Waals surface area contributed by atoms with E-state index < -0.39 is 0 Å². The van der Waals surface area contributed by atoms with Gasteiger partial charge in [0.2, 0.25) is 0 Å². The van der Waals surface area contributed by atoms with E-state index in [2.05, 4.69) is 12.3 Å². The van der Waals surface area contributed by atoms with Gasteiger partial charge in [-0.2, -0.15) is 0 Å². The van der Waals surface area contributed by atoms with Crippen LogP contribution in [0.2, 0.25) is 5.02 Å². The predicted octanol–water partition coefficient (Wildman–Crippen LogP) is 3.24. The van der Waals surface area contributed by atoms with Crippen LogP contribution < -0.4 is 11.3 Å². The van der Waals surface area contributed by atoms with E-state index in [1.165, 1.54) is 0 Å². The van der Waals surface area contributed by atoms with Gasteiger partial charge in [0.15, 0.2) is 0 Å². The summed E-state index contributed by atoms with van der Waals surface area (Å²) in [6.07, 6.45) is 3.29. The molecule has 3 nitrogen and oxygen atoms in total. The van der Waals surface area contributed by atoms with Crippen LogP contribution in [0.25, 0.3) is 0 Å². The molecule has 0 saturated carbocycles. The number of hydrogen-bond acceptors (Lipinski definition) is 3. The van der Waals surface area contributed by atoms with E-state index in [0.717, 1.165) is 34.8 Å². The number of hydrazine groups is 1. The highest BCUT2D eigenvalue weighted by Gasteiger charge is 2.17. The molecule has 0 aliphatic heterocycles. The van der Waals surface area contributed by atoms with Crippen LogP contribution in [0, 0.1) is 0 Å². The van der Waals surface area contributed by atoms with Crippen molar-refractivity contribution in [3.63, 3.8) is 0 Å². The van der Waals surface area contributed by atoms with Crippen molar-refractivity contribution in [3.8, 4) is 0 Å². The largest absolute Gasteiger partial charge is 0.469 e. The third-order valence-corrected chi connectivity index (χ3v) is 3.43. The quantitative estimate of drug-likeness (QED) is 0.644. The van der Waals surface area contributed by atoms with Gasteiger partial charge < -0.3 is 4.42 Å². The molecule has 1 aromatic heterocycles. The van der Waals surface area contributed by atoms with Gasteiger partial charge in [-0.05, 0) is 24.1 Å². The lowest BCUT2D eigenvalue weighted by molar-refractivity contribution is 0.487. The second-order valence-electron chi connectivity index (χ2n) is 4.17. The predicted molar refractivity (Wildman–Crippen MR) is 73.3 cm³/mol. The number of hydrogen-bond donors (Lipinski definition) is 2. The highest BCUT2D eigenvalue weighted by atomic mass is 35.5. The van der Waals surface area contributed by atoms with E-state index in [1.807, 2.05) is 30.3 Å². The van der Waals surface area contributed by atoms with Crippen LogP contribution in [0.3, 0.4) is 0 Å². The monoisotopic (exact) mass is 264 g/mol. The Morgan fingerprint density at radius 3 is 2.78 bits per heavy atom. The number of rotatable bonds is 5. The van der Waals surface area contributed by atoms with E-state index in [-0.39, 0.29) is 6.04 Å². The summed E-state index contributed by atoms with van der Waals surface area (Å²) in [5.41, 5.74) is 5.01. The van der Waals surface area contributed by atoms with Crippen molar-refractivity contribution in [2.24, 2.45) is 5.84 Å². The second kappa shape index (κ2) is 6.05. The lowest BCUT2D eigenvalue weighted by Crippen LogP contribution is -2.30. The molecule has 0 bridgehead atoms. The number of nitrogens with one attached hydrogen (secondary N) is 1. The van der Waals surface area contributed by atoms with Crippen molar-refractivity contribution in [1.82, 2.24) is 5.43 Å². The number of nitrogens with two attached hydrogens (primary N) is 1. The molecule has 0 saturated heterocycles. The Bertz CT molecular complexity index is 510. The summed E-state index contributed by atoms with van der Waals surface area (Å²) in [7, 11) is 0. The first-order valence-corrected chi connectivity index (χ1v) is 6.39. The van der Waals surface area contributed by atoms with Crippen molar-refractivity contribution in [1.29, 1.82) is 0 Å². The summed E-state index contributed by atoms with van der Waals surface area (Å²) < 4.78 is 5.44. The van der Waals surface area contributed by atoms with Crippen molar-refractivity contribution < 1.29 is 4.42 Å². The van der Waals surface area contributed by atoms with Gasteiger partial charge in [0.25, 0.3) is 0 Å². The Morgan fingerprint density at radius 2 is 2.11 bits per heavy atom. The fourth-order valence-electron chi connectivity index (χ4n) is 2.09. The van der Waals surface area contributed by atoms with Crippen LogP contribution >= 0.6 is 11.6 Å². The number of furan rings is 1. The highest BCUT2D eigenvalue weighted by Crippen LogP contribution is 2.26. The Labute approximate surface area is 112 Å². The Kier molecular flexibility index (Phi) is 4.42. The minimum absolute atomic E-state index is 0.0126. The zero-order valence-electron chi connectivity index (χ0n) is 10.3. The smallest absolute Gasteiger partial charge is 0.108 e. The van der Waals surface area contributed by atoms with Crippen molar-refractivity contribution >= 4 is 11.6 Å². The second-order valence-corrected chi connectivity index (χ2v) is 4.57. The van der Waals surface area contributed by atoms with Gasteiger partial charge in [0.1, 0.15) is 5.76 Å². The summed E-state index contributed by atoms with van der Waals surface area (Å²) in [5.74, 6) is 6.61. The molecule has 1 atom stereocenters. The molecule has 2 rings (SSSR count). The van der Waals surface area contributed by atoms with Crippen molar-refractivity contribution in [2.75, 3.05) is 0 Å². The molecule has 0 amide bonds. The van der Waals surface area contributed by atoms with Gasteiger partial charge in [0, 0.05) is 17.0 Å². The normalized spacial score (nSPS) is 12.6. The third kappa shape index (κ3) is 2.75. The first-order valence-electron chi connectivity index (χ1n) is 6.02. The molecule has 4 heteroatoms. The molecule has 0 spiro atoms. The van der Waals surface area contributed by atoms with E-state index in [1.54, 1.807) is 6.26 Å². The molecule has 96 valence electrons. The third-order valence-electron chi connectivity index (χ3n) is 3.06. The van der Waals surface area contributed by atoms with Gasteiger partial charge in [-0.1, -0.05) is 36.7 Å². The molecule has 0 aliphatic carbocycles. The summed E-state index contributed by atoms with van der Waals surface area (Å²) in [5, 5.41) is 0.763. The van der Waals surface area contributed by atoms with Gasteiger partial charge in [-0.15, -0.1) is 0 Å². The molecular weight excluding hydrogens is 248 g/mol. The molecule has 18 heavy (non-hydrogen) atoms. The molecule has 0 aliphatic rings. The van der Waals surface area contributed by atoms with Crippen molar-refractivity contribution in [3.05, 3.63) is 58.5 Å². The first kappa shape index (κ1) is 13.1. The lowest BCUT2D eigenvalue weighted by atomic mass is 9.99. The first-order chi connectivity index (χ1) is 8.76.